The van der Waals surface area contributed by atoms with E-state index in [1.54, 1.807) is 12.1 Å². The van der Waals surface area contributed by atoms with E-state index in [1.807, 2.05) is 0 Å². The lowest BCUT2D eigenvalue weighted by Crippen LogP contribution is -2.50. The number of anilines is 1. The van der Waals surface area contributed by atoms with Crippen LogP contribution in [-0.4, -0.2) is 37.6 Å². The number of furan rings is 1. The van der Waals surface area contributed by atoms with Gasteiger partial charge in [-0.05, 0) is 36.4 Å². The lowest BCUT2D eigenvalue weighted by atomic mass is 10.2. The third kappa shape index (κ3) is 3.57. The number of morpholine rings is 1. The van der Waals surface area contributed by atoms with Crippen LogP contribution in [0.3, 0.4) is 0 Å². The Kier molecular flexibility index (Phi) is 4.38. The van der Waals surface area contributed by atoms with Crippen LogP contribution >= 0.6 is 0 Å². The van der Waals surface area contributed by atoms with Crippen molar-refractivity contribution in [3.8, 4) is 0 Å². The minimum Gasteiger partial charge on any atom is -0.459 e. The fourth-order valence-corrected chi connectivity index (χ4v) is 2.32. The van der Waals surface area contributed by atoms with Gasteiger partial charge in [-0.1, -0.05) is 0 Å². The van der Waals surface area contributed by atoms with E-state index >= 15 is 0 Å². The predicted octanol–water partition coefficient (Wildman–Crippen LogP) is 1.58. The first kappa shape index (κ1) is 15.2. The first-order valence-electron chi connectivity index (χ1n) is 7.13. The summed E-state index contributed by atoms with van der Waals surface area (Å²) in [6.07, 6.45) is 1.07. The van der Waals surface area contributed by atoms with E-state index in [4.69, 9.17) is 9.15 Å². The summed E-state index contributed by atoms with van der Waals surface area (Å²) >= 11 is 0. The van der Waals surface area contributed by atoms with Crippen LogP contribution in [0.4, 0.5) is 10.1 Å². The molecular formula is C16H15FN2O4. The van der Waals surface area contributed by atoms with Crippen LogP contribution in [-0.2, 0) is 9.53 Å². The maximum Gasteiger partial charge on any atom is 0.287 e. The highest BCUT2D eigenvalue weighted by molar-refractivity contribution is 5.95. The van der Waals surface area contributed by atoms with Gasteiger partial charge in [-0.2, -0.15) is 0 Å². The molecule has 0 spiro atoms. The Morgan fingerprint density at radius 2 is 2.09 bits per heavy atom. The smallest absolute Gasteiger partial charge is 0.287 e. The molecule has 0 bridgehead atoms. The summed E-state index contributed by atoms with van der Waals surface area (Å²) in [6.45, 7) is 0.437. The highest BCUT2D eigenvalue weighted by atomic mass is 19.1. The van der Waals surface area contributed by atoms with Gasteiger partial charge in [0.1, 0.15) is 12.4 Å². The third-order valence-corrected chi connectivity index (χ3v) is 3.50. The molecule has 3 rings (SSSR count). The minimum atomic E-state index is -0.364. The molecule has 1 aromatic heterocycles. The molecule has 2 heterocycles. The summed E-state index contributed by atoms with van der Waals surface area (Å²) in [5.41, 5.74) is 0.599. The van der Waals surface area contributed by atoms with Crippen molar-refractivity contribution in [1.29, 1.82) is 0 Å². The first-order valence-corrected chi connectivity index (χ1v) is 7.13. The van der Waals surface area contributed by atoms with Crippen molar-refractivity contribution in [1.82, 2.24) is 5.32 Å². The Bertz CT molecular complexity index is 685. The molecule has 120 valence electrons. The molecule has 1 unspecified atom stereocenters. The van der Waals surface area contributed by atoms with E-state index in [2.05, 4.69) is 5.32 Å². The summed E-state index contributed by atoms with van der Waals surface area (Å²) < 4.78 is 23.4. The highest BCUT2D eigenvalue weighted by Gasteiger charge is 2.28. The number of rotatable bonds is 4. The van der Waals surface area contributed by atoms with Gasteiger partial charge in [0.15, 0.2) is 5.76 Å². The van der Waals surface area contributed by atoms with Crippen molar-refractivity contribution >= 4 is 17.5 Å². The molecule has 0 aliphatic carbocycles. The number of nitrogens with one attached hydrogen (secondary N) is 1. The zero-order valence-corrected chi connectivity index (χ0v) is 12.2. The van der Waals surface area contributed by atoms with Crippen molar-refractivity contribution < 1.29 is 23.1 Å². The number of carbonyl (C=O) groups excluding carboxylic acids is 2. The maximum atomic E-state index is 13.0. The molecule has 1 fully saturated rings. The van der Waals surface area contributed by atoms with Crippen LogP contribution in [0, 0.1) is 5.82 Å². The molecule has 7 heteroatoms. The zero-order valence-electron chi connectivity index (χ0n) is 12.2. The van der Waals surface area contributed by atoms with Crippen molar-refractivity contribution in [2.45, 2.75) is 6.10 Å². The van der Waals surface area contributed by atoms with Gasteiger partial charge in [-0.25, -0.2) is 4.39 Å². The second kappa shape index (κ2) is 6.62. The molecular weight excluding hydrogens is 303 g/mol. The number of hydrogen-bond acceptors (Lipinski definition) is 4. The average Bonchev–Trinajstić information content (AvgIpc) is 3.09. The Balaban J connectivity index is 1.60. The first-order chi connectivity index (χ1) is 11.1. The standard InChI is InChI=1S/C16H15FN2O4/c17-11-3-5-12(6-4-11)19-9-13(23-10-15(19)20)8-18-16(21)14-2-1-7-22-14/h1-7,13H,8-10H2,(H,18,21). The molecule has 1 aromatic carbocycles. The number of carbonyl (C=O) groups is 2. The number of halogens is 1. The van der Waals surface area contributed by atoms with E-state index in [-0.39, 0.29) is 49.2 Å². The molecule has 1 N–H and O–H groups in total. The quantitative estimate of drug-likeness (QED) is 0.929. The van der Waals surface area contributed by atoms with Gasteiger partial charge in [0.2, 0.25) is 0 Å². The van der Waals surface area contributed by atoms with E-state index in [0.29, 0.717) is 5.69 Å². The molecule has 1 saturated heterocycles. The van der Waals surface area contributed by atoms with Crippen LogP contribution in [0.2, 0.25) is 0 Å². The van der Waals surface area contributed by atoms with Crippen molar-refractivity contribution in [3.05, 3.63) is 54.2 Å². The molecule has 2 aromatic rings. The Morgan fingerprint density at radius 3 is 2.78 bits per heavy atom. The van der Waals surface area contributed by atoms with Gasteiger partial charge < -0.3 is 19.4 Å². The molecule has 2 amide bonds. The Hall–Kier alpha value is -2.67. The van der Waals surface area contributed by atoms with Crippen LogP contribution < -0.4 is 10.2 Å². The number of nitrogens with zero attached hydrogens (tertiary/aromatic N) is 1. The molecule has 0 saturated carbocycles. The van der Waals surface area contributed by atoms with Crippen LogP contribution in [0.5, 0.6) is 0 Å². The summed E-state index contributed by atoms with van der Waals surface area (Å²) in [7, 11) is 0. The number of amides is 2. The Labute approximate surface area is 131 Å². The summed E-state index contributed by atoms with van der Waals surface area (Å²) in [4.78, 5) is 25.3. The van der Waals surface area contributed by atoms with Gasteiger partial charge in [0.05, 0.1) is 18.9 Å². The zero-order chi connectivity index (χ0) is 16.2. The number of ether oxygens (including phenoxy) is 1. The van der Waals surface area contributed by atoms with Crippen molar-refractivity contribution in [2.24, 2.45) is 0 Å². The monoisotopic (exact) mass is 318 g/mol. The second-order valence-electron chi connectivity index (χ2n) is 5.10. The molecule has 23 heavy (non-hydrogen) atoms. The largest absolute Gasteiger partial charge is 0.459 e. The fraction of sp³-hybridized carbons (Fsp3) is 0.250. The van der Waals surface area contributed by atoms with E-state index in [9.17, 15) is 14.0 Å². The molecule has 1 atom stereocenters. The van der Waals surface area contributed by atoms with Crippen molar-refractivity contribution in [3.63, 3.8) is 0 Å². The fourth-order valence-electron chi connectivity index (χ4n) is 2.32. The van der Waals surface area contributed by atoms with Gasteiger partial charge in [0, 0.05) is 12.2 Å². The van der Waals surface area contributed by atoms with Crippen LogP contribution in [0.15, 0.2) is 47.1 Å². The Morgan fingerprint density at radius 1 is 1.30 bits per heavy atom. The summed E-state index contributed by atoms with van der Waals surface area (Å²) in [5, 5.41) is 2.70. The molecule has 1 aliphatic rings. The SMILES string of the molecule is O=C(NCC1CN(c2ccc(F)cc2)C(=O)CO1)c1ccco1. The molecule has 0 radical (unpaired) electrons. The lowest BCUT2D eigenvalue weighted by molar-refractivity contribution is -0.129. The van der Waals surface area contributed by atoms with E-state index in [0.717, 1.165) is 0 Å². The number of benzene rings is 1. The molecule has 6 nitrogen and oxygen atoms in total. The van der Waals surface area contributed by atoms with E-state index < -0.39 is 0 Å². The third-order valence-electron chi connectivity index (χ3n) is 3.50. The lowest BCUT2D eigenvalue weighted by Gasteiger charge is -2.32. The van der Waals surface area contributed by atoms with Gasteiger partial charge in [0.25, 0.3) is 11.8 Å². The second-order valence-corrected chi connectivity index (χ2v) is 5.10. The number of hydrogen-bond donors (Lipinski definition) is 1. The summed E-state index contributed by atoms with van der Waals surface area (Å²) in [5.74, 6) is -0.696. The van der Waals surface area contributed by atoms with Crippen LogP contribution in [0.25, 0.3) is 0 Å². The average molecular weight is 318 g/mol. The van der Waals surface area contributed by atoms with Gasteiger partial charge in [-0.3, -0.25) is 9.59 Å². The van der Waals surface area contributed by atoms with Gasteiger partial charge in [-0.15, -0.1) is 0 Å². The van der Waals surface area contributed by atoms with Crippen LogP contribution in [0.1, 0.15) is 10.6 Å². The normalized spacial score (nSPS) is 18.0. The topological polar surface area (TPSA) is 71.8 Å². The van der Waals surface area contributed by atoms with Crippen molar-refractivity contribution in [2.75, 3.05) is 24.6 Å². The molecule has 1 aliphatic heterocycles. The highest BCUT2D eigenvalue weighted by Crippen LogP contribution is 2.19. The maximum absolute atomic E-state index is 13.0. The summed E-state index contributed by atoms with van der Waals surface area (Å²) in [6, 6.07) is 8.86. The van der Waals surface area contributed by atoms with Gasteiger partial charge >= 0.3 is 0 Å². The van der Waals surface area contributed by atoms with E-state index in [1.165, 1.54) is 35.4 Å². The minimum absolute atomic E-state index is 0.0847. The predicted molar refractivity (Wildman–Crippen MR) is 79.5 cm³/mol.